The maximum Gasteiger partial charge on any atom is 0.338 e. The van der Waals surface area contributed by atoms with Gasteiger partial charge in [0.15, 0.2) is 6.61 Å². The minimum atomic E-state index is -3.62. The van der Waals surface area contributed by atoms with Crippen LogP contribution in [0.4, 0.5) is 4.79 Å². The Morgan fingerprint density at radius 2 is 1.89 bits per heavy atom. The molecule has 152 valence electrons. The number of carbonyl (C=O) groups is 3. The Hall–Kier alpha value is -2.46. The molecule has 0 bridgehead atoms. The first-order valence-electron chi connectivity index (χ1n) is 9.18. The molecule has 0 aliphatic carbocycles. The number of amides is 3. The summed E-state index contributed by atoms with van der Waals surface area (Å²) in [5.74, 6) is -1.37. The van der Waals surface area contributed by atoms with Crippen molar-refractivity contribution >= 4 is 27.9 Å². The van der Waals surface area contributed by atoms with Gasteiger partial charge in [0.05, 0.1) is 10.5 Å². The standard InChI is InChI=1S/C18H23N3O6S/c1-13-4-2-3-10-21(13)28(25,26)15-7-5-14(6-8-15)17(23)27-12-16(22)20-11-9-19-18(20)24/h5-8,13H,2-4,9-12H2,1H3,(H,19,24)/t13-/m0/s1. The Morgan fingerprint density at radius 3 is 2.50 bits per heavy atom. The second-order valence-electron chi connectivity index (χ2n) is 6.84. The number of hydrogen-bond donors (Lipinski definition) is 1. The number of nitrogens with one attached hydrogen (secondary N) is 1. The fourth-order valence-corrected chi connectivity index (χ4v) is 5.02. The summed E-state index contributed by atoms with van der Waals surface area (Å²) in [7, 11) is -3.62. The number of nitrogens with zero attached hydrogens (tertiary/aromatic N) is 2. The lowest BCUT2D eigenvalue weighted by Gasteiger charge is -2.32. The summed E-state index contributed by atoms with van der Waals surface area (Å²) in [6, 6.07) is 4.87. The molecule has 2 aliphatic heterocycles. The van der Waals surface area contributed by atoms with Crippen molar-refractivity contribution in [1.29, 1.82) is 0 Å². The van der Waals surface area contributed by atoms with Gasteiger partial charge in [-0.05, 0) is 44.0 Å². The molecule has 3 amide bonds. The zero-order valence-corrected chi connectivity index (χ0v) is 16.4. The van der Waals surface area contributed by atoms with Crippen molar-refractivity contribution in [3.63, 3.8) is 0 Å². The van der Waals surface area contributed by atoms with Gasteiger partial charge < -0.3 is 10.1 Å². The number of esters is 1. The highest BCUT2D eigenvalue weighted by Crippen LogP contribution is 2.25. The summed E-state index contributed by atoms with van der Waals surface area (Å²) in [5.41, 5.74) is 0.129. The van der Waals surface area contributed by atoms with E-state index in [9.17, 15) is 22.8 Å². The van der Waals surface area contributed by atoms with Crippen LogP contribution in [0, 0.1) is 0 Å². The van der Waals surface area contributed by atoms with E-state index in [4.69, 9.17) is 4.74 Å². The first-order chi connectivity index (χ1) is 13.3. The number of carbonyl (C=O) groups excluding carboxylic acids is 3. The molecular formula is C18H23N3O6S. The Labute approximate surface area is 163 Å². The minimum Gasteiger partial charge on any atom is -0.452 e. The van der Waals surface area contributed by atoms with Crippen LogP contribution in [0.3, 0.4) is 0 Å². The second kappa shape index (κ2) is 8.27. The molecule has 2 aliphatic rings. The number of hydrogen-bond acceptors (Lipinski definition) is 6. The lowest BCUT2D eigenvalue weighted by Crippen LogP contribution is -2.41. The van der Waals surface area contributed by atoms with Crippen LogP contribution in [0.15, 0.2) is 29.2 Å². The third kappa shape index (κ3) is 4.17. The number of imide groups is 1. The van der Waals surface area contributed by atoms with E-state index >= 15 is 0 Å². The predicted molar refractivity (Wildman–Crippen MR) is 99.0 cm³/mol. The van der Waals surface area contributed by atoms with E-state index in [-0.39, 0.29) is 23.0 Å². The molecule has 28 heavy (non-hydrogen) atoms. The van der Waals surface area contributed by atoms with E-state index in [2.05, 4.69) is 5.32 Å². The molecule has 0 unspecified atom stereocenters. The average Bonchev–Trinajstić information content (AvgIpc) is 3.12. The van der Waals surface area contributed by atoms with E-state index in [0.29, 0.717) is 13.1 Å². The fourth-order valence-electron chi connectivity index (χ4n) is 3.33. The molecule has 1 aromatic rings. The van der Waals surface area contributed by atoms with Gasteiger partial charge in [0.25, 0.3) is 5.91 Å². The lowest BCUT2D eigenvalue weighted by atomic mass is 10.1. The molecular weight excluding hydrogens is 386 g/mol. The van der Waals surface area contributed by atoms with E-state index in [1.54, 1.807) is 0 Å². The van der Waals surface area contributed by atoms with Crippen LogP contribution < -0.4 is 5.32 Å². The molecule has 10 heteroatoms. The van der Waals surface area contributed by atoms with Crippen LogP contribution >= 0.6 is 0 Å². The summed E-state index contributed by atoms with van der Waals surface area (Å²) in [5, 5.41) is 2.49. The zero-order chi connectivity index (χ0) is 20.3. The fraction of sp³-hybridized carbons (Fsp3) is 0.500. The Balaban J connectivity index is 1.62. The number of rotatable bonds is 5. The van der Waals surface area contributed by atoms with E-state index in [1.807, 2.05) is 6.92 Å². The number of ether oxygens (including phenoxy) is 1. The minimum absolute atomic E-state index is 0.0582. The van der Waals surface area contributed by atoms with Gasteiger partial charge in [-0.2, -0.15) is 4.31 Å². The molecule has 2 fully saturated rings. The van der Waals surface area contributed by atoms with Gasteiger partial charge in [-0.25, -0.2) is 18.0 Å². The van der Waals surface area contributed by atoms with Gasteiger partial charge in [-0.1, -0.05) is 6.42 Å². The molecule has 2 saturated heterocycles. The summed E-state index contributed by atoms with van der Waals surface area (Å²) < 4.78 is 32.0. The van der Waals surface area contributed by atoms with Gasteiger partial charge >= 0.3 is 12.0 Å². The lowest BCUT2D eigenvalue weighted by molar-refractivity contribution is -0.130. The maximum atomic E-state index is 12.8. The topological polar surface area (TPSA) is 113 Å². The van der Waals surface area contributed by atoms with Gasteiger partial charge in [0, 0.05) is 25.7 Å². The molecule has 1 N–H and O–H groups in total. The van der Waals surface area contributed by atoms with E-state index in [1.165, 1.54) is 28.6 Å². The van der Waals surface area contributed by atoms with E-state index in [0.717, 1.165) is 24.2 Å². The van der Waals surface area contributed by atoms with Gasteiger partial charge in [-0.3, -0.25) is 9.69 Å². The average molecular weight is 409 g/mol. The Kier molecular flexibility index (Phi) is 5.99. The predicted octanol–water partition coefficient (Wildman–Crippen LogP) is 0.958. The van der Waals surface area contributed by atoms with Crippen LogP contribution in [0.25, 0.3) is 0 Å². The molecule has 0 saturated carbocycles. The molecule has 2 heterocycles. The summed E-state index contributed by atoms with van der Waals surface area (Å²) in [4.78, 5) is 36.5. The number of piperidine rings is 1. The van der Waals surface area contributed by atoms with Crippen LogP contribution in [-0.2, 0) is 19.6 Å². The molecule has 1 atom stereocenters. The number of urea groups is 1. The van der Waals surface area contributed by atoms with Crippen LogP contribution in [0.2, 0.25) is 0 Å². The molecule has 1 aromatic carbocycles. The Bertz CT molecular complexity index is 868. The van der Waals surface area contributed by atoms with Crippen molar-refractivity contribution in [3.05, 3.63) is 29.8 Å². The third-order valence-corrected chi connectivity index (χ3v) is 6.95. The van der Waals surface area contributed by atoms with Gasteiger partial charge in [-0.15, -0.1) is 0 Å². The quantitative estimate of drug-likeness (QED) is 0.725. The smallest absolute Gasteiger partial charge is 0.338 e. The number of sulfonamides is 1. The second-order valence-corrected chi connectivity index (χ2v) is 8.73. The zero-order valence-electron chi connectivity index (χ0n) is 15.6. The SMILES string of the molecule is C[C@H]1CCCCN1S(=O)(=O)c1ccc(C(=O)OCC(=O)N2CCNC2=O)cc1. The van der Waals surface area contributed by atoms with Crippen LogP contribution in [0.1, 0.15) is 36.5 Å². The van der Waals surface area contributed by atoms with Crippen molar-refractivity contribution in [1.82, 2.24) is 14.5 Å². The van der Waals surface area contributed by atoms with Crippen molar-refractivity contribution in [2.45, 2.75) is 37.1 Å². The molecule has 0 aromatic heterocycles. The van der Waals surface area contributed by atoms with Crippen molar-refractivity contribution < 1.29 is 27.5 Å². The van der Waals surface area contributed by atoms with Gasteiger partial charge in [0.2, 0.25) is 10.0 Å². The monoisotopic (exact) mass is 409 g/mol. The molecule has 0 spiro atoms. The van der Waals surface area contributed by atoms with Crippen LogP contribution in [0.5, 0.6) is 0 Å². The highest BCUT2D eigenvalue weighted by molar-refractivity contribution is 7.89. The van der Waals surface area contributed by atoms with Crippen molar-refractivity contribution in [3.8, 4) is 0 Å². The van der Waals surface area contributed by atoms with Gasteiger partial charge in [0.1, 0.15) is 0 Å². The normalized spacial score (nSPS) is 20.7. The summed E-state index contributed by atoms with van der Waals surface area (Å²) >= 11 is 0. The van der Waals surface area contributed by atoms with Crippen molar-refractivity contribution in [2.75, 3.05) is 26.2 Å². The molecule has 3 rings (SSSR count). The highest BCUT2D eigenvalue weighted by atomic mass is 32.2. The maximum absolute atomic E-state index is 12.8. The van der Waals surface area contributed by atoms with E-state index < -0.39 is 34.5 Å². The summed E-state index contributed by atoms with van der Waals surface area (Å²) in [6.45, 7) is 2.41. The van der Waals surface area contributed by atoms with Crippen molar-refractivity contribution in [2.24, 2.45) is 0 Å². The molecule has 0 radical (unpaired) electrons. The highest BCUT2D eigenvalue weighted by Gasteiger charge is 2.31. The first-order valence-corrected chi connectivity index (χ1v) is 10.6. The first kappa shape index (κ1) is 20.3. The third-order valence-electron chi connectivity index (χ3n) is 4.92. The molecule has 9 nitrogen and oxygen atoms in total. The largest absolute Gasteiger partial charge is 0.452 e. The Morgan fingerprint density at radius 1 is 1.18 bits per heavy atom. The van der Waals surface area contributed by atoms with Crippen LogP contribution in [-0.4, -0.2) is 67.8 Å². The summed E-state index contributed by atoms with van der Waals surface area (Å²) in [6.07, 6.45) is 2.67. The number of benzene rings is 1.